The summed E-state index contributed by atoms with van der Waals surface area (Å²) >= 11 is 0. The Kier molecular flexibility index (Phi) is 3.26. The van der Waals surface area contributed by atoms with E-state index in [0.29, 0.717) is 5.82 Å². The molecule has 0 atom stereocenters. The second kappa shape index (κ2) is 5.45. The Morgan fingerprint density at radius 1 is 1.08 bits per heavy atom. The fourth-order valence-electron chi connectivity index (χ4n) is 2.78. The summed E-state index contributed by atoms with van der Waals surface area (Å²) in [6.45, 7) is 3.88. The van der Waals surface area contributed by atoms with E-state index in [1.54, 1.807) is 10.9 Å². The van der Waals surface area contributed by atoms with Crippen LogP contribution in [0.2, 0.25) is 0 Å². The second-order valence-electron chi connectivity index (χ2n) is 5.70. The molecule has 0 fully saturated rings. The first-order chi connectivity index (χ1) is 11.6. The van der Waals surface area contributed by atoms with Gasteiger partial charge in [-0.25, -0.2) is 9.67 Å². The molecule has 1 N–H and O–H groups in total. The van der Waals surface area contributed by atoms with Gasteiger partial charge < -0.3 is 0 Å². The van der Waals surface area contributed by atoms with Crippen molar-refractivity contribution in [2.45, 2.75) is 13.8 Å². The quantitative estimate of drug-likeness (QED) is 0.630. The minimum atomic E-state index is 0.702. The second-order valence-corrected chi connectivity index (χ2v) is 5.70. The van der Waals surface area contributed by atoms with E-state index >= 15 is 0 Å². The number of hydrogen-bond donors (Lipinski definition) is 1. The molecule has 120 valence electrons. The first kappa shape index (κ1) is 14.4. The minimum absolute atomic E-state index is 0.702. The van der Waals surface area contributed by atoms with Crippen LogP contribution in [0.3, 0.4) is 0 Å². The van der Waals surface area contributed by atoms with Crippen LogP contribution >= 0.6 is 0 Å². The number of aromatic amines is 1. The van der Waals surface area contributed by atoms with E-state index < -0.39 is 0 Å². The molecule has 0 saturated carbocycles. The van der Waals surface area contributed by atoms with Crippen LogP contribution < -0.4 is 0 Å². The lowest BCUT2D eigenvalue weighted by Gasteiger charge is -2.05. The van der Waals surface area contributed by atoms with Gasteiger partial charge in [0.1, 0.15) is 17.2 Å². The Morgan fingerprint density at radius 3 is 2.58 bits per heavy atom. The van der Waals surface area contributed by atoms with Gasteiger partial charge in [-0.1, -0.05) is 30.3 Å². The first-order valence-electron chi connectivity index (χ1n) is 7.67. The number of aryl methyl sites for hydroxylation is 3. The molecule has 1 aromatic carbocycles. The fourth-order valence-corrected chi connectivity index (χ4v) is 2.78. The number of H-pyrrole nitrogens is 1. The molecule has 3 aromatic heterocycles. The van der Waals surface area contributed by atoms with Gasteiger partial charge in [-0.2, -0.15) is 15.3 Å². The molecule has 4 rings (SSSR count). The monoisotopic (exact) mass is 319 g/mol. The third kappa shape index (κ3) is 2.30. The van der Waals surface area contributed by atoms with E-state index in [1.807, 2.05) is 62.1 Å². The molecule has 0 amide bonds. The van der Waals surface area contributed by atoms with Gasteiger partial charge in [0.15, 0.2) is 5.82 Å². The smallest absolute Gasteiger partial charge is 0.167 e. The summed E-state index contributed by atoms with van der Waals surface area (Å²) in [7, 11) is 1.88. The lowest BCUT2D eigenvalue weighted by atomic mass is 10.1. The van der Waals surface area contributed by atoms with Gasteiger partial charge in [0.2, 0.25) is 0 Å². The van der Waals surface area contributed by atoms with Crippen molar-refractivity contribution in [2.24, 2.45) is 7.05 Å². The third-order valence-corrected chi connectivity index (χ3v) is 3.87. The lowest BCUT2D eigenvalue weighted by molar-refractivity contribution is 0.766. The molecule has 0 radical (unpaired) electrons. The lowest BCUT2D eigenvalue weighted by Crippen LogP contribution is -2.00. The highest BCUT2D eigenvalue weighted by molar-refractivity contribution is 5.79. The number of rotatable bonds is 3. The highest BCUT2D eigenvalue weighted by Crippen LogP contribution is 2.32. The number of hydrogen-bond acceptors (Lipinski definition) is 4. The highest BCUT2D eigenvalue weighted by atomic mass is 15.4. The Hall–Kier alpha value is -3.22. The van der Waals surface area contributed by atoms with Gasteiger partial charge in [-0.05, 0) is 13.8 Å². The van der Waals surface area contributed by atoms with E-state index in [2.05, 4.69) is 25.4 Å². The zero-order valence-corrected chi connectivity index (χ0v) is 13.7. The van der Waals surface area contributed by atoms with Crippen LogP contribution in [0.5, 0.6) is 0 Å². The summed E-state index contributed by atoms with van der Waals surface area (Å²) in [4.78, 5) is 4.64. The van der Waals surface area contributed by atoms with Gasteiger partial charge in [0, 0.05) is 18.3 Å². The van der Waals surface area contributed by atoms with Crippen LogP contribution in [0.4, 0.5) is 0 Å². The van der Waals surface area contributed by atoms with Gasteiger partial charge >= 0.3 is 0 Å². The van der Waals surface area contributed by atoms with Crippen molar-refractivity contribution in [1.29, 1.82) is 0 Å². The van der Waals surface area contributed by atoms with E-state index in [4.69, 9.17) is 0 Å². The summed E-state index contributed by atoms with van der Waals surface area (Å²) in [6.07, 6.45) is 3.68. The normalized spacial score (nSPS) is 11.1. The van der Waals surface area contributed by atoms with Crippen LogP contribution in [-0.2, 0) is 7.05 Å². The molecule has 4 aromatic rings. The molecule has 0 bridgehead atoms. The van der Waals surface area contributed by atoms with Crippen molar-refractivity contribution in [2.75, 3.05) is 0 Å². The molecule has 0 aliphatic rings. The zero-order valence-electron chi connectivity index (χ0n) is 13.7. The number of nitrogens with one attached hydrogen (secondary N) is 1. The highest BCUT2D eigenvalue weighted by Gasteiger charge is 2.21. The molecule has 7 nitrogen and oxygen atoms in total. The molecular formula is C17H17N7. The number of nitrogens with zero attached hydrogens (tertiary/aromatic N) is 6. The first-order valence-corrected chi connectivity index (χ1v) is 7.67. The Balaban J connectivity index is 1.94. The van der Waals surface area contributed by atoms with Crippen molar-refractivity contribution >= 4 is 0 Å². The number of benzene rings is 1. The third-order valence-electron chi connectivity index (χ3n) is 3.87. The van der Waals surface area contributed by atoms with Crippen LogP contribution in [0.15, 0.2) is 42.7 Å². The maximum absolute atomic E-state index is 4.64. The van der Waals surface area contributed by atoms with Crippen molar-refractivity contribution in [3.05, 3.63) is 54.2 Å². The standard InChI is InChI=1S/C17H17N7/c1-11-15(16(21-20-11)13-7-5-4-6-8-13)17-19-12(2)22-24(17)14-9-18-23(3)10-14/h4-10H,1-3H3,(H,20,21). The van der Waals surface area contributed by atoms with Crippen molar-refractivity contribution in [3.63, 3.8) is 0 Å². The predicted molar refractivity (Wildman–Crippen MR) is 90.6 cm³/mol. The molecule has 0 aliphatic carbocycles. The summed E-state index contributed by atoms with van der Waals surface area (Å²) in [5.41, 5.74) is 4.67. The van der Waals surface area contributed by atoms with Gasteiger partial charge in [0.05, 0.1) is 18.0 Å². The minimum Gasteiger partial charge on any atom is -0.281 e. The molecule has 24 heavy (non-hydrogen) atoms. The average Bonchev–Trinajstić information content (AvgIpc) is 3.26. The van der Waals surface area contributed by atoms with Crippen LogP contribution in [0, 0.1) is 13.8 Å². The zero-order chi connectivity index (χ0) is 16.7. The Labute approximate surface area is 139 Å². The molecule has 7 heteroatoms. The SMILES string of the molecule is Cc1nc(-c2c(-c3ccccc3)n[nH]c2C)n(-c2cnn(C)c2)n1. The molecule has 0 saturated heterocycles. The molecule has 0 spiro atoms. The summed E-state index contributed by atoms with van der Waals surface area (Å²) < 4.78 is 3.56. The molecular weight excluding hydrogens is 302 g/mol. The summed E-state index contributed by atoms with van der Waals surface area (Å²) in [5.74, 6) is 1.46. The van der Waals surface area contributed by atoms with E-state index in [9.17, 15) is 0 Å². The van der Waals surface area contributed by atoms with Crippen LogP contribution in [0.25, 0.3) is 28.3 Å². The largest absolute Gasteiger partial charge is 0.281 e. The topological polar surface area (TPSA) is 77.2 Å². The van der Waals surface area contributed by atoms with Gasteiger partial charge in [-0.3, -0.25) is 9.78 Å². The molecule has 0 aliphatic heterocycles. The van der Waals surface area contributed by atoms with E-state index in [1.165, 1.54) is 0 Å². The van der Waals surface area contributed by atoms with Crippen LogP contribution in [0.1, 0.15) is 11.5 Å². The maximum atomic E-state index is 4.64. The molecule has 3 heterocycles. The Morgan fingerprint density at radius 2 is 1.88 bits per heavy atom. The number of aromatic nitrogens is 7. The summed E-state index contributed by atoms with van der Waals surface area (Å²) in [6, 6.07) is 10.1. The Bertz CT molecular complexity index is 991. The average molecular weight is 319 g/mol. The van der Waals surface area contributed by atoms with Gasteiger partial charge in [-0.15, -0.1) is 0 Å². The van der Waals surface area contributed by atoms with Crippen molar-refractivity contribution in [1.82, 2.24) is 34.7 Å². The molecule has 0 unspecified atom stereocenters. The van der Waals surface area contributed by atoms with Crippen LogP contribution in [-0.4, -0.2) is 34.7 Å². The van der Waals surface area contributed by atoms with E-state index in [0.717, 1.165) is 34.0 Å². The predicted octanol–water partition coefficient (Wildman–Crippen LogP) is 2.67. The summed E-state index contributed by atoms with van der Waals surface area (Å²) in [5, 5.41) is 16.3. The van der Waals surface area contributed by atoms with E-state index in [-0.39, 0.29) is 0 Å². The van der Waals surface area contributed by atoms with Crippen molar-refractivity contribution < 1.29 is 0 Å². The van der Waals surface area contributed by atoms with Crippen molar-refractivity contribution in [3.8, 4) is 28.3 Å². The fraction of sp³-hybridized carbons (Fsp3) is 0.176. The maximum Gasteiger partial charge on any atom is 0.167 e. The van der Waals surface area contributed by atoms with Gasteiger partial charge in [0.25, 0.3) is 0 Å².